The van der Waals surface area contributed by atoms with Gasteiger partial charge in [0.15, 0.2) is 0 Å². The van der Waals surface area contributed by atoms with Gasteiger partial charge in [-0.05, 0) is 39.8 Å². The molecule has 1 N–H and O–H groups in total. The summed E-state index contributed by atoms with van der Waals surface area (Å²) < 4.78 is 5.18. The van der Waals surface area contributed by atoms with Crippen molar-refractivity contribution in [2.45, 2.75) is 51.1 Å². The Morgan fingerprint density at radius 2 is 2.18 bits per heavy atom. The third-order valence-electron chi connectivity index (χ3n) is 4.21. The molecular formula is C14H30N2O. The second-order valence-electron chi connectivity index (χ2n) is 6.06. The summed E-state index contributed by atoms with van der Waals surface area (Å²) in [6.45, 7) is 6.45. The van der Waals surface area contributed by atoms with E-state index in [0.717, 1.165) is 19.1 Å². The molecule has 0 heterocycles. The maximum atomic E-state index is 5.18. The molecule has 102 valence electrons. The van der Waals surface area contributed by atoms with Crippen LogP contribution in [0.15, 0.2) is 0 Å². The highest BCUT2D eigenvalue weighted by Gasteiger charge is 2.36. The lowest BCUT2D eigenvalue weighted by molar-refractivity contribution is 0.0679. The molecule has 3 heteroatoms. The van der Waals surface area contributed by atoms with E-state index < -0.39 is 0 Å². The Labute approximate surface area is 107 Å². The van der Waals surface area contributed by atoms with Gasteiger partial charge in [0, 0.05) is 25.2 Å². The van der Waals surface area contributed by atoms with Crippen LogP contribution in [0.2, 0.25) is 0 Å². The lowest BCUT2D eigenvalue weighted by atomic mass is 9.75. The van der Waals surface area contributed by atoms with Crippen LogP contribution in [0.1, 0.15) is 39.5 Å². The third-order valence-corrected chi connectivity index (χ3v) is 4.21. The monoisotopic (exact) mass is 242 g/mol. The van der Waals surface area contributed by atoms with Gasteiger partial charge in [0.25, 0.3) is 0 Å². The molecular weight excluding hydrogens is 212 g/mol. The molecule has 1 rings (SSSR count). The van der Waals surface area contributed by atoms with Crippen LogP contribution in [0.4, 0.5) is 0 Å². The number of methoxy groups -OCH3 is 1. The first-order chi connectivity index (χ1) is 8.00. The molecule has 3 atom stereocenters. The average Bonchev–Trinajstić information content (AvgIpc) is 2.27. The molecule has 0 spiro atoms. The lowest BCUT2D eigenvalue weighted by Gasteiger charge is -2.46. The summed E-state index contributed by atoms with van der Waals surface area (Å²) in [6.07, 6.45) is 5.38. The first-order valence-corrected chi connectivity index (χ1v) is 6.90. The van der Waals surface area contributed by atoms with Crippen LogP contribution in [0.3, 0.4) is 0 Å². The molecule has 0 radical (unpaired) electrons. The lowest BCUT2D eigenvalue weighted by Crippen LogP contribution is -2.55. The molecule has 0 aromatic rings. The third kappa shape index (κ3) is 4.23. The number of nitrogens with one attached hydrogen (secondary N) is 1. The van der Waals surface area contributed by atoms with E-state index in [-0.39, 0.29) is 0 Å². The van der Waals surface area contributed by atoms with Crippen molar-refractivity contribution in [2.75, 3.05) is 34.4 Å². The second-order valence-corrected chi connectivity index (χ2v) is 6.06. The zero-order valence-corrected chi connectivity index (χ0v) is 12.3. The van der Waals surface area contributed by atoms with Crippen molar-refractivity contribution >= 4 is 0 Å². The Balaban J connectivity index is 2.53. The fourth-order valence-corrected chi connectivity index (χ4v) is 3.03. The van der Waals surface area contributed by atoms with E-state index in [4.69, 9.17) is 4.74 Å². The minimum absolute atomic E-state index is 0.347. The maximum Gasteiger partial charge on any atom is 0.0613 e. The molecule has 17 heavy (non-hydrogen) atoms. The standard InChI is InChI=1S/C14H30N2O/c1-12-7-6-8-14(9-12,16(3)4)11-15-13(2)10-17-5/h12-13,15H,6-11H2,1-5H3. The van der Waals surface area contributed by atoms with Crippen LogP contribution in [-0.4, -0.2) is 50.8 Å². The van der Waals surface area contributed by atoms with Gasteiger partial charge in [-0.3, -0.25) is 0 Å². The van der Waals surface area contributed by atoms with Crippen LogP contribution in [0.5, 0.6) is 0 Å². The van der Waals surface area contributed by atoms with Crippen LogP contribution in [0.25, 0.3) is 0 Å². The van der Waals surface area contributed by atoms with Gasteiger partial charge < -0.3 is 15.0 Å². The summed E-state index contributed by atoms with van der Waals surface area (Å²) in [5.74, 6) is 0.852. The minimum Gasteiger partial charge on any atom is -0.383 e. The van der Waals surface area contributed by atoms with Gasteiger partial charge in [-0.1, -0.05) is 19.8 Å². The van der Waals surface area contributed by atoms with Crippen molar-refractivity contribution in [2.24, 2.45) is 5.92 Å². The van der Waals surface area contributed by atoms with Gasteiger partial charge in [-0.25, -0.2) is 0 Å². The molecule has 1 saturated carbocycles. The van der Waals surface area contributed by atoms with Crippen molar-refractivity contribution < 1.29 is 4.74 Å². The molecule has 1 aliphatic rings. The Kier molecular flexibility index (Phi) is 5.90. The van der Waals surface area contributed by atoms with Crippen molar-refractivity contribution in [1.29, 1.82) is 0 Å². The summed E-state index contributed by atoms with van der Waals surface area (Å²) in [5, 5.41) is 3.63. The zero-order chi connectivity index (χ0) is 12.9. The van der Waals surface area contributed by atoms with Gasteiger partial charge in [-0.2, -0.15) is 0 Å². The first-order valence-electron chi connectivity index (χ1n) is 6.90. The van der Waals surface area contributed by atoms with E-state index in [0.29, 0.717) is 11.6 Å². The summed E-state index contributed by atoms with van der Waals surface area (Å²) in [7, 11) is 6.21. The molecule has 1 aliphatic carbocycles. The highest BCUT2D eigenvalue weighted by Crippen LogP contribution is 2.35. The first kappa shape index (κ1) is 14.9. The number of hydrogen-bond donors (Lipinski definition) is 1. The van der Waals surface area contributed by atoms with Gasteiger partial charge in [0.05, 0.1) is 6.61 Å². The quantitative estimate of drug-likeness (QED) is 0.772. The highest BCUT2D eigenvalue weighted by molar-refractivity contribution is 4.95. The Morgan fingerprint density at radius 3 is 2.71 bits per heavy atom. The van der Waals surface area contributed by atoms with Crippen LogP contribution < -0.4 is 5.32 Å². The van der Waals surface area contributed by atoms with E-state index in [1.807, 2.05) is 0 Å². The van der Waals surface area contributed by atoms with Crippen molar-refractivity contribution in [1.82, 2.24) is 10.2 Å². The zero-order valence-electron chi connectivity index (χ0n) is 12.3. The number of nitrogens with zero attached hydrogens (tertiary/aromatic N) is 1. The van der Waals surface area contributed by atoms with Crippen LogP contribution in [-0.2, 0) is 4.74 Å². The van der Waals surface area contributed by atoms with E-state index in [9.17, 15) is 0 Å². The van der Waals surface area contributed by atoms with Crippen molar-refractivity contribution in [3.63, 3.8) is 0 Å². The SMILES string of the molecule is COCC(C)NCC1(N(C)C)CCCC(C)C1. The molecule has 0 aromatic heterocycles. The molecule has 1 fully saturated rings. The van der Waals surface area contributed by atoms with E-state index in [2.05, 4.69) is 38.2 Å². The minimum atomic E-state index is 0.347. The molecule has 0 saturated heterocycles. The Bertz CT molecular complexity index is 220. The van der Waals surface area contributed by atoms with Crippen molar-refractivity contribution in [3.05, 3.63) is 0 Å². The molecule has 0 amide bonds. The van der Waals surface area contributed by atoms with Gasteiger partial charge in [0.2, 0.25) is 0 Å². The molecule has 0 bridgehead atoms. The van der Waals surface area contributed by atoms with Gasteiger partial charge in [0.1, 0.15) is 0 Å². The Hall–Kier alpha value is -0.120. The van der Waals surface area contributed by atoms with Crippen molar-refractivity contribution in [3.8, 4) is 0 Å². The Morgan fingerprint density at radius 1 is 1.47 bits per heavy atom. The summed E-state index contributed by atoms with van der Waals surface area (Å²) >= 11 is 0. The van der Waals surface area contributed by atoms with Crippen LogP contribution >= 0.6 is 0 Å². The van der Waals surface area contributed by atoms with E-state index in [1.54, 1.807) is 7.11 Å². The normalized spacial score (nSPS) is 31.8. The molecule has 0 aromatic carbocycles. The van der Waals surface area contributed by atoms with Gasteiger partial charge >= 0.3 is 0 Å². The van der Waals surface area contributed by atoms with Crippen LogP contribution in [0, 0.1) is 5.92 Å². The predicted molar refractivity (Wildman–Crippen MR) is 73.4 cm³/mol. The summed E-state index contributed by atoms with van der Waals surface area (Å²) in [6, 6.07) is 0.439. The molecule has 0 aliphatic heterocycles. The van der Waals surface area contributed by atoms with Gasteiger partial charge in [-0.15, -0.1) is 0 Å². The average molecular weight is 242 g/mol. The fourth-order valence-electron chi connectivity index (χ4n) is 3.03. The number of ether oxygens (including phenoxy) is 1. The fraction of sp³-hybridized carbons (Fsp3) is 1.00. The molecule has 3 unspecified atom stereocenters. The summed E-state index contributed by atoms with van der Waals surface area (Å²) in [4.78, 5) is 2.43. The number of hydrogen-bond acceptors (Lipinski definition) is 3. The second kappa shape index (κ2) is 6.72. The van der Waals surface area contributed by atoms with E-state index in [1.165, 1.54) is 25.7 Å². The van der Waals surface area contributed by atoms with E-state index >= 15 is 0 Å². The number of likely N-dealkylation sites (N-methyl/N-ethyl adjacent to an activating group) is 1. The molecule has 3 nitrogen and oxygen atoms in total. The maximum absolute atomic E-state index is 5.18. The largest absolute Gasteiger partial charge is 0.383 e. The summed E-state index contributed by atoms with van der Waals surface area (Å²) in [5.41, 5.74) is 0.347. The topological polar surface area (TPSA) is 24.5 Å². The number of rotatable bonds is 6. The predicted octanol–water partition coefficient (Wildman–Crippen LogP) is 2.12. The highest BCUT2D eigenvalue weighted by atomic mass is 16.5. The smallest absolute Gasteiger partial charge is 0.0613 e.